The molecule has 70 heavy (non-hydrogen) atoms. The molecule has 0 spiro atoms. The second-order valence-electron chi connectivity index (χ2n) is 20.2. The molecule has 4 heterocycles. The topological polar surface area (TPSA) is 185 Å². The van der Waals surface area contributed by atoms with Crippen LogP contribution in [0.1, 0.15) is 131 Å². The number of ether oxygens (including phenoxy) is 4. The van der Waals surface area contributed by atoms with E-state index in [1.54, 1.807) is 43.0 Å². The van der Waals surface area contributed by atoms with Crippen molar-refractivity contribution in [3.63, 3.8) is 0 Å². The molecule has 5 rings (SSSR count). The number of rotatable bonds is 21. The van der Waals surface area contributed by atoms with E-state index in [9.17, 15) is 33.9 Å². The van der Waals surface area contributed by atoms with Gasteiger partial charge in [0, 0.05) is 57.7 Å². The van der Waals surface area contributed by atoms with Crippen LogP contribution in [0, 0.1) is 17.8 Å². The summed E-state index contributed by atoms with van der Waals surface area (Å²) >= 11 is 8.25. The van der Waals surface area contributed by atoms with Crippen LogP contribution in [0.2, 0.25) is 5.02 Å². The predicted octanol–water partition coefficient (Wildman–Crippen LogP) is 8.25. The minimum Gasteiger partial charge on any atom is -0.495 e. The van der Waals surface area contributed by atoms with E-state index in [0.29, 0.717) is 29.9 Å². The molecule has 5 unspecified atom stereocenters. The van der Waals surface area contributed by atoms with Crippen molar-refractivity contribution in [2.45, 2.75) is 185 Å². The lowest BCUT2D eigenvalue weighted by Gasteiger charge is -2.42. The molecule has 2 N–H and O–H groups in total. The molecule has 1 aromatic rings. The van der Waals surface area contributed by atoms with Gasteiger partial charge < -0.3 is 39.1 Å². The van der Waals surface area contributed by atoms with E-state index in [1.165, 1.54) is 30.9 Å². The Morgan fingerprint density at radius 2 is 1.81 bits per heavy atom. The van der Waals surface area contributed by atoms with Crippen molar-refractivity contribution >= 4 is 64.9 Å². The number of carbonyl (C=O) groups is 6. The van der Waals surface area contributed by atoms with Crippen LogP contribution in [0.25, 0.3) is 0 Å². The number of nitrogens with one attached hydrogen (secondary N) is 1. The molecule has 0 aromatic heterocycles. The molecule has 3 fully saturated rings. The summed E-state index contributed by atoms with van der Waals surface area (Å²) in [6.45, 7) is 13.8. The highest BCUT2D eigenvalue weighted by molar-refractivity contribution is 8.00. The Morgan fingerprint density at radius 1 is 1.09 bits per heavy atom. The van der Waals surface area contributed by atoms with Crippen molar-refractivity contribution in [3.05, 3.63) is 46.5 Å². The Bertz CT molecular complexity index is 2110. The Kier molecular flexibility index (Phi) is 20.6. The molecule has 1 aromatic carbocycles. The maximum absolute atomic E-state index is 14.5. The number of aliphatic hydroxyl groups excluding tert-OH is 1. The highest BCUT2D eigenvalue weighted by Gasteiger charge is 2.63. The van der Waals surface area contributed by atoms with Crippen LogP contribution < -0.4 is 15.0 Å². The molecule has 4 bridgehead atoms. The van der Waals surface area contributed by atoms with Crippen LogP contribution in [0.5, 0.6) is 5.75 Å². The van der Waals surface area contributed by atoms with E-state index in [-0.39, 0.29) is 72.6 Å². The van der Waals surface area contributed by atoms with Crippen LogP contribution in [0.3, 0.4) is 0 Å². The molecule has 17 heteroatoms. The summed E-state index contributed by atoms with van der Waals surface area (Å²) in [5.41, 5.74) is -0.328. The average molecular weight is 1020 g/mol. The van der Waals surface area contributed by atoms with E-state index < -0.39 is 64.9 Å². The Morgan fingerprint density at radius 3 is 2.46 bits per heavy atom. The number of alkyl carbamates (subject to hydrolysis) is 1. The summed E-state index contributed by atoms with van der Waals surface area (Å²) < 4.78 is 23.8. The normalized spacial score (nSPS) is 30.4. The van der Waals surface area contributed by atoms with Crippen LogP contribution in [-0.4, -0.2) is 138 Å². The number of epoxide rings is 1. The monoisotopic (exact) mass is 1010 g/mol. The summed E-state index contributed by atoms with van der Waals surface area (Å²) in [4.78, 5) is 86.9. The first-order chi connectivity index (χ1) is 33.2. The number of allylic oxidation sites excluding steroid dienone is 3. The van der Waals surface area contributed by atoms with Gasteiger partial charge in [0.25, 0.3) is 0 Å². The zero-order valence-electron chi connectivity index (χ0n) is 43.3. The summed E-state index contributed by atoms with van der Waals surface area (Å²) in [6, 6.07) is 2.75. The zero-order valence-corrected chi connectivity index (χ0v) is 44.9. The lowest BCUT2D eigenvalue weighted by molar-refractivity contribution is -0.142. The second-order valence-corrected chi connectivity index (χ2v) is 21.9. The lowest BCUT2D eigenvalue weighted by Crippen LogP contribution is -2.64. The fourth-order valence-corrected chi connectivity index (χ4v) is 12.2. The number of hydrogen-bond donors (Lipinski definition) is 2. The largest absolute Gasteiger partial charge is 0.495 e. The van der Waals surface area contributed by atoms with E-state index in [4.69, 9.17) is 30.5 Å². The van der Waals surface area contributed by atoms with Crippen LogP contribution in [0.4, 0.5) is 10.5 Å². The quantitative estimate of drug-likeness (QED) is 0.0395. The number of likely N-dealkylation sites (N-methyl/N-ethyl adjacent to an activating group) is 1. The van der Waals surface area contributed by atoms with Gasteiger partial charge in [0.1, 0.15) is 46.8 Å². The average Bonchev–Trinajstić information content (AvgIpc) is 3.95. The number of anilines is 1. The number of ketones is 1. The fourth-order valence-electron chi connectivity index (χ4n) is 10.8. The Hall–Kier alpha value is -3.80. The minimum absolute atomic E-state index is 0.0690. The number of unbranched alkanes of at least 4 members (excludes halogenated alkanes) is 2. The third-order valence-electron chi connectivity index (χ3n) is 15.5. The maximum atomic E-state index is 14.5. The number of aldehydes is 1. The summed E-state index contributed by atoms with van der Waals surface area (Å²) in [5.74, 6) is -0.961. The SMILES string of the molecule is CCCCCC(CC)C(CCC)N1C(=O)CC(SCCC(O)N(C)[C@@H](C)C(=O)C[C@H]2CC(=O)N(C)c3cc(cc(OC)c3Cl)C/C(C)=C/C=C/[C@@H](OC)[C@@]3(C=O)CC(OC(=O)N3)[C@@H](C)[C@@H]3O[C@@]23C)C1=O. The first-order valence-electron chi connectivity index (χ1n) is 25.3. The van der Waals surface area contributed by atoms with E-state index in [1.807, 2.05) is 39.0 Å². The van der Waals surface area contributed by atoms with Gasteiger partial charge in [0.05, 0.1) is 35.8 Å². The Balaban J connectivity index is 1.35. The number of amides is 4. The van der Waals surface area contributed by atoms with E-state index >= 15 is 0 Å². The molecular formula is C53H79ClN4O11S. The number of carbonyl (C=O) groups excluding carboxylic acids is 6. The number of benzene rings is 1. The van der Waals surface area contributed by atoms with E-state index in [2.05, 4.69) is 26.1 Å². The van der Waals surface area contributed by atoms with Crippen LogP contribution >= 0.6 is 23.4 Å². The number of imide groups is 1. The molecule has 0 radical (unpaired) electrons. The molecular weight excluding hydrogens is 936 g/mol. The number of methoxy groups -OCH3 is 2. The minimum atomic E-state index is -1.46. The molecule has 0 aliphatic carbocycles. The number of fused-ring (bicyclic) bond motifs is 5. The molecule has 0 saturated carbocycles. The van der Waals surface area contributed by atoms with Gasteiger partial charge in [-0.2, -0.15) is 0 Å². The van der Waals surface area contributed by atoms with Gasteiger partial charge in [0.15, 0.2) is 0 Å². The Labute approximate surface area is 425 Å². The summed E-state index contributed by atoms with van der Waals surface area (Å²) in [6.07, 6.45) is 9.57. The summed E-state index contributed by atoms with van der Waals surface area (Å²) in [7, 11) is 6.27. The highest BCUT2D eigenvalue weighted by atomic mass is 35.5. The van der Waals surface area contributed by atoms with Gasteiger partial charge in [-0.05, 0) is 82.9 Å². The summed E-state index contributed by atoms with van der Waals surface area (Å²) in [5, 5.41) is 13.9. The third-order valence-corrected chi connectivity index (χ3v) is 17.1. The van der Waals surface area contributed by atoms with Crippen molar-refractivity contribution in [2.75, 3.05) is 39.0 Å². The fraction of sp³-hybridized carbons (Fsp3) is 0.698. The van der Waals surface area contributed by atoms with Crippen molar-refractivity contribution in [2.24, 2.45) is 17.8 Å². The number of nitrogens with zero attached hydrogens (tertiary/aromatic N) is 3. The standard InChI is InChI=1S/C53H79ClN4O11S/c1-12-15-16-20-36(14-3)38(18-13-2)58-47(63)29-43(50(58)64)70-23-22-45(61)56(8)34(6)40(60)27-37-28-46(62)57(9)39-25-35(26-41(66-10)48(39)54)24-32(4)19-17-21-44(67-11)53(31-59)30-42(68-51(65)55-53)33(5)49-52(37,7)69-49/h17,19,21,25-26,31,33-34,36-38,42-45,49,61H,12-16,18,20,22-24,27-30H2,1-11H3,(H,55,65)/b21-17+,32-19+/t33-,34+,36?,37+,38?,42?,43?,44-,45?,49+,52+,53+/m1/s1. The zero-order chi connectivity index (χ0) is 51.7. The molecule has 4 amide bonds. The molecule has 12 atom stereocenters. The molecule has 15 nitrogen and oxygen atoms in total. The van der Waals surface area contributed by atoms with Crippen molar-refractivity contribution < 1.29 is 52.8 Å². The van der Waals surface area contributed by atoms with Crippen LogP contribution in [-0.2, 0) is 44.6 Å². The number of hydrogen-bond acceptors (Lipinski definition) is 13. The number of thioether (sulfide) groups is 1. The number of Topliss-reactive ketones (excluding diaryl/α,β-unsaturated/α-hetero) is 1. The predicted molar refractivity (Wildman–Crippen MR) is 273 cm³/mol. The van der Waals surface area contributed by atoms with Crippen molar-refractivity contribution in [1.29, 1.82) is 0 Å². The molecule has 4 aliphatic rings. The van der Waals surface area contributed by atoms with Crippen molar-refractivity contribution in [3.8, 4) is 5.75 Å². The number of likely N-dealkylation sites (tertiary alicyclic amines) is 1. The molecule has 4 aliphatic heterocycles. The van der Waals surface area contributed by atoms with Crippen LogP contribution in [0.15, 0.2) is 35.9 Å². The van der Waals surface area contributed by atoms with Gasteiger partial charge in [-0.3, -0.25) is 29.0 Å². The number of aliphatic hydroxyl groups is 1. The van der Waals surface area contributed by atoms with Gasteiger partial charge in [-0.1, -0.05) is 95.2 Å². The third kappa shape index (κ3) is 13.0. The van der Waals surface area contributed by atoms with Gasteiger partial charge in [0.2, 0.25) is 17.7 Å². The first kappa shape index (κ1) is 57.1. The number of halogens is 1. The second kappa shape index (κ2) is 25.2. The van der Waals surface area contributed by atoms with Gasteiger partial charge in [-0.15, -0.1) is 11.8 Å². The first-order valence-corrected chi connectivity index (χ1v) is 26.7. The van der Waals surface area contributed by atoms with Gasteiger partial charge >= 0.3 is 6.09 Å². The smallest absolute Gasteiger partial charge is 0.408 e. The van der Waals surface area contributed by atoms with Gasteiger partial charge in [-0.25, -0.2) is 4.79 Å². The van der Waals surface area contributed by atoms with Crippen molar-refractivity contribution in [1.82, 2.24) is 15.1 Å². The lowest BCUT2D eigenvalue weighted by atomic mass is 9.76. The van der Waals surface area contributed by atoms with E-state index in [0.717, 1.165) is 56.1 Å². The molecule has 3 saturated heterocycles. The maximum Gasteiger partial charge on any atom is 0.408 e. The highest BCUT2D eigenvalue weighted by Crippen LogP contribution is 2.52. The molecule has 390 valence electrons.